The number of H-pyrrole nitrogens is 1. The zero-order chi connectivity index (χ0) is 14.4. The lowest BCUT2D eigenvalue weighted by atomic mass is 9.94. The summed E-state index contributed by atoms with van der Waals surface area (Å²) in [5, 5.41) is 11.7. The van der Waals surface area contributed by atoms with Crippen molar-refractivity contribution in [1.29, 1.82) is 0 Å². The van der Waals surface area contributed by atoms with Crippen molar-refractivity contribution >= 4 is 16.6 Å². The van der Waals surface area contributed by atoms with E-state index in [1.54, 1.807) is 0 Å². The molecular formula is C17H17N3O. The van der Waals surface area contributed by atoms with Crippen molar-refractivity contribution in [1.82, 2.24) is 10.2 Å². The number of anilines is 1. The molecule has 4 nitrogen and oxygen atoms in total. The Morgan fingerprint density at radius 1 is 1.19 bits per heavy atom. The van der Waals surface area contributed by atoms with Gasteiger partial charge in [-0.15, -0.1) is 0 Å². The van der Waals surface area contributed by atoms with Gasteiger partial charge in [0.25, 0.3) is 0 Å². The summed E-state index contributed by atoms with van der Waals surface area (Å²) in [4.78, 5) is 0. The number of aromatic amines is 1. The number of hydrogen-bond donors (Lipinski definition) is 2. The molecule has 0 saturated carbocycles. The van der Waals surface area contributed by atoms with Crippen LogP contribution in [0.3, 0.4) is 0 Å². The third-order valence-corrected chi connectivity index (χ3v) is 4.05. The first-order valence-electron chi connectivity index (χ1n) is 7.11. The lowest BCUT2D eigenvalue weighted by Gasteiger charge is -2.28. The van der Waals surface area contributed by atoms with Crippen molar-refractivity contribution in [2.75, 3.05) is 5.32 Å². The van der Waals surface area contributed by atoms with Gasteiger partial charge in [-0.1, -0.05) is 18.2 Å². The molecule has 0 fully saturated rings. The molecule has 1 aliphatic heterocycles. The summed E-state index contributed by atoms with van der Waals surface area (Å²) in [5.74, 6) is 0.962. The molecule has 0 saturated heterocycles. The van der Waals surface area contributed by atoms with E-state index in [1.165, 1.54) is 5.56 Å². The third kappa shape index (κ3) is 1.95. The smallest absolute Gasteiger partial charge is 0.128 e. The number of hydrogen-bond acceptors (Lipinski definition) is 3. The van der Waals surface area contributed by atoms with Crippen LogP contribution in [-0.2, 0) is 0 Å². The van der Waals surface area contributed by atoms with Crippen LogP contribution in [0.1, 0.15) is 25.5 Å². The van der Waals surface area contributed by atoms with E-state index < -0.39 is 0 Å². The average molecular weight is 279 g/mol. The summed E-state index contributed by atoms with van der Waals surface area (Å²) in [6.45, 7) is 4.22. The van der Waals surface area contributed by atoms with E-state index in [4.69, 9.17) is 4.74 Å². The van der Waals surface area contributed by atoms with Crippen LogP contribution in [0.5, 0.6) is 5.75 Å². The molecule has 2 aromatic carbocycles. The Labute approximate surface area is 123 Å². The molecule has 2 heterocycles. The number of fused-ring (bicyclic) bond motifs is 2. The van der Waals surface area contributed by atoms with E-state index in [0.717, 1.165) is 22.3 Å². The van der Waals surface area contributed by atoms with Gasteiger partial charge >= 0.3 is 0 Å². The highest BCUT2D eigenvalue weighted by Gasteiger charge is 2.40. The van der Waals surface area contributed by atoms with E-state index in [-0.39, 0.29) is 11.6 Å². The second kappa shape index (κ2) is 4.25. The maximum atomic E-state index is 6.07. The first-order chi connectivity index (χ1) is 10.1. The minimum Gasteiger partial charge on any atom is -0.485 e. The predicted octanol–water partition coefficient (Wildman–Crippen LogP) is 3.89. The largest absolute Gasteiger partial charge is 0.485 e. The summed E-state index contributed by atoms with van der Waals surface area (Å²) in [7, 11) is 0. The van der Waals surface area contributed by atoms with Crippen LogP contribution in [0, 0.1) is 0 Å². The topological polar surface area (TPSA) is 49.9 Å². The quantitative estimate of drug-likeness (QED) is 0.748. The van der Waals surface area contributed by atoms with E-state index in [2.05, 4.69) is 53.6 Å². The van der Waals surface area contributed by atoms with Gasteiger partial charge in [-0.05, 0) is 38.1 Å². The second-order valence-electron chi connectivity index (χ2n) is 5.99. The monoisotopic (exact) mass is 279 g/mol. The van der Waals surface area contributed by atoms with Crippen molar-refractivity contribution in [3.63, 3.8) is 0 Å². The minimum atomic E-state index is -0.283. The summed E-state index contributed by atoms with van der Waals surface area (Å²) >= 11 is 0. The van der Waals surface area contributed by atoms with Gasteiger partial charge in [0.15, 0.2) is 0 Å². The Kier molecular flexibility index (Phi) is 2.48. The number of rotatable bonds is 2. The molecule has 0 aliphatic carbocycles. The van der Waals surface area contributed by atoms with E-state index >= 15 is 0 Å². The SMILES string of the molecule is CC1(C)Oc2ccccc2C1Nc1ccc2[nH]ncc2c1. The number of para-hydroxylation sites is 1. The van der Waals surface area contributed by atoms with Crippen molar-refractivity contribution in [3.8, 4) is 5.75 Å². The maximum absolute atomic E-state index is 6.07. The molecule has 106 valence electrons. The highest BCUT2D eigenvalue weighted by molar-refractivity contribution is 5.81. The van der Waals surface area contributed by atoms with Crippen LogP contribution in [-0.4, -0.2) is 15.8 Å². The lowest BCUT2D eigenvalue weighted by Crippen LogP contribution is -2.34. The summed E-state index contributed by atoms with van der Waals surface area (Å²) in [5.41, 5.74) is 3.04. The highest BCUT2D eigenvalue weighted by atomic mass is 16.5. The number of benzene rings is 2. The molecular weight excluding hydrogens is 262 g/mol. The molecule has 0 radical (unpaired) electrons. The molecule has 4 heteroatoms. The standard InChI is InChI=1S/C17H17N3O/c1-17(2)16(13-5-3-4-6-15(13)21-17)19-12-7-8-14-11(9-12)10-18-20-14/h3-10,16,19H,1-2H3,(H,18,20). The number of ether oxygens (including phenoxy) is 1. The van der Waals surface area contributed by atoms with Crippen molar-refractivity contribution in [3.05, 3.63) is 54.2 Å². The zero-order valence-electron chi connectivity index (χ0n) is 12.1. The fourth-order valence-corrected chi connectivity index (χ4v) is 2.98. The second-order valence-corrected chi connectivity index (χ2v) is 5.99. The number of aromatic nitrogens is 2. The van der Waals surface area contributed by atoms with Crippen LogP contribution >= 0.6 is 0 Å². The third-order valence-electron chi connectivity index (χ3n) is 4.05. The first kappa shape index (κ1) is 12.3. The Balaban J connectivity index is 1.72. The van der Waals surface area contributed by atoms with E-state index in [9.17, 15) is 0 Å². The number of nitrogens with zero attached hydrogens (tertiary/aromatic N) is 1. The molecule has 3 aromatic rings. The minimum absolute atomic E-state index is 0.123. The first-order valence-corrected chi connectivity index (χ1v) is 7.11. The van der Waals surface area contributed by atoms with Gasteiger partial charge in [0.2, 0.25) is 0 Å². The Morgan fingerprint density at radius 2 is 2.05 bits per heavy atom. The fraction of sp³-hybridized carbons (Fsp3) is 0.235. The molecule has 1 atom stereocenters. The molecule has 4 rings (SSSR count). The van der Waals surface area contributed by atoms with E-state index in [1.807, 2.05) is 24.4 Å². The Morgan fingerprint density at radius 3 is 2.95 bits per heavy atom. The molecule has 2 N–H and O–H groups in total. The van der Waals surface area contributed by atoms with Gasteiger partial charge < -0.3 is 10.1 Å². The highest BCUT2D eigenvalue weighted by Crippen LogP contribution is 2.44. The predicted molar refractivity (Wildman–Crippen MR) is 83.6 cm³/mol. The molecule has 1 aliphatic rings. The number of nitrogens with one attached hydrogen (secondary N) is 2. The molecule has 1 unspecified atom stereocenters. The maximum Gasteiger partial charge on any atom is 0.128 e. The van der Waals surface area contributed by atoms with Crippen LogP contribution in [0.25, 0.3) is 10.9 Å². The van der Waals surface area contributed by atoms with Crippen molar-refractivity contribution in [2.45, 2.75) is 25.5 Å². The van der Waals surface area contributed by atoms with Gasteiger partial charge in [-0.2, -0.15) is 5.10 Å². The summed E-state index contributed by atoms with van der Waals surface area (Å²) in [6, 6.07) is 14.5. The normalized spacial score (nSPS) is 19.2. The van der Waals surface area contributed by atoms with Crippen LogP contribution in [0.2, 0.25) is 0 Å². The molecule has 0 amide bonds. The van der Waals surface area contributed by atoms with Gasteiger partial charge in [-0.3, -0.25) is 5.10 Å². The van der Waals surface area contributed by atoms with Crippen LogP contribution < -0.4 is 10.1 Å². The van der Waals surface area contributed by atoms with Gasteiger partial charge in [0.05, 0.1) is 17.8 Å². The summed E-state index contributed by atoms with van der Waals surface area (Å²) < 4.78 is 6.07. The van der Waals surface area contributed by atoms with Gasteiger partial charge in [0.1, 0.15) is 11.4 Å². The Bertz CT molecular complexity index is 806. The van der Waals surface area contributed by atoms with Crippen molar-refractivity contribution in [2.24, 2.45) is 0 Å². The molecule has 1 aromatic heterocycles. The molecule has 0 bridgehead atoms. The van der Waals surface area contributed by atoms with Crippen LogP contribution in [0.15, 0.2) is 48.7 Å². The van der Waals surface area contributed by atoms with Crippen LogP contribution in [0.4, 0.5) is 5.69 Å². The lowest BCUT2D eigenvalue weighted by molar-refractivity contribution is 0.118. The van der Waals surface area contributed by atoms with E-state index in [0.29, 0.717) is 0 Å². The Hall–Kier alpha value is -2.49. The van der Waals surface area contributed by atoms with Crippen molar-refractivity contribution < 1.29 is 4.74 Å². The van der Waals surface area contributed by atoms with Gasteiger partial charge in [0, 0.05) is 16.6 Å². The fourth-order valence-electron chi connectivity index (χ4n) is 2.98. The average Bonchev–Trinajstić information content (AvgIpc) is 3.01. The molecule has 0 spiro atoms. The summed E-state index contributed by atoms with van der Waals surface area (Å²) in [6.07, 6.45) is 1.84. The molecule has 21 heavy (non-hydrogen) atoms. The zero-order valence-corrected chi connectivity index (χ0v) is 12.1. The van der Waals surface area contributed by atoms with Gasteiger partial charge in [-0.25, -0.2) is 0 Å².